The van der Waals surface area contributed by atoms with Crippen molar-refractivity contribution in [2.75, 3.05) is 25.3 Å². The first-order valence-corrected chi connectivity index (χ1v) is 5.40. The Balaban J connectivity index is 2.78. The zero-order valence-electron chi connectivity index (χ0n) is 9.77. The molecular weight excluding hydrogens is 204 g/mol. The second kappa shape index (κ2) is 6.98. The number of anilines is 1. The summed E-state index contributed by atoms with van der Waals surface area (Å²) in [5, 5.41) is 4.49. The van der Waals surface area contributed by atoms with Crippen molar-refractivity contribution in [2.24, 2.45) is 0 Å². The number of para-hydroxylation sites is 1. The number of carbonyl (C=O) groups excluding carboxylic acids is 1. The number of carbonyl (C=O) groups is 1. The van der Waals surface area contributed by atoms with Crippen LogP contribution in [-0.2, 0) is 16.1 Å². The van der Waals surface area contributed by atoms with E-state index in [0.29, 0.717) is 6.41 Å². The lowest BCUT2D eigenvalue weighted by Crippen LogP contribution is -2.22. The van der Waals surface area contributed by atoms with Gasteiger partial charge in [0.2, 0.25) is 6.41 Å². The third kappa shape index (κ3) is 3.32. The van der Waals surface area contributed by atoms with E-state index >= 15 is 0 Å². The van der Waals surface area contributed by atoms with Crippen molar-refractivity contribution >= 4 is 12.1 Å². The summed E-state index contributed by atoms with van der Waals surface area (Å²) in [5.74, 6) is 0. The van der Waals surface area contributed by atoms with Crippen LogP contribution in [0, 0.1) is 0 Å². The number of benzene rings is 1. The third-order valence-corrected chi connectivity index (χ3v) is 2.34. The Kier molecular flexibility index (Phi) is 5.53. The van der Waals surface area contributed by atoms with Crippen molar-refractivity contribution in [2.45, 2.75) is 13.3 Å². The van der Waals surface area contributed by atoms with E-state index in [2.05, 4.69) is 12.2 Å². The lowest BCUT2D eigenvalue weighted by atomic mass is 10.1. The molecule has 0 fully saturated rings. The van der Waals surface area contributed by atoms with Gasteiger partial charge in [0.15, 0.2) is 0 Å². The maximum absolute atomic E-state index is 10.8. The molecule has 16 heavy (non-hydrogen) atoms. The molecule has 0 aliphatic rings. The lowest BCUT2D eigenvalue weighted by Gasteiger charge is -2.17. The molecule has 0 atom stereocenters. The molecule has 1 amide bonds. The molecule has 1 aromatic rings. The number of nitrogens with zero attached hydrogens (tertiary/aromatic N) is 1. The number of amides is 1. The summed E-state index contributed by atoms with van der Waals surface area (Å²) >= 11 is 0. The van der Waals surface area contributed by atoms with E-state index in [0.717, 1.165) is 30.8 Å². The first kappa shape index (κ1) is 12.7. The highest BCUT2D eigenvalue weighted by molar-refractivity contribution is 5.74. The van der Waals surface area contributed by atoms with Gasteiger partial charge in [-0.3, -0.25) is 9.63 Å². The standard InChI is InChI=1S/C12H18N2O2/c1-3-13-9-8-11-6-4-5-7-12(11)14(10-15)16-2/h4-7,10,13H,3,8-9H2,1-2H3. The summed E-state index contributed by atoms with van der Waals surface area (Å²) in [7, 11) is 1.48. The van der Waals surface area contributed by atoms with E-state index in [1.807, 2.05) is 24.3 Å². The highest BCUT2D eigenvalue weighted by atomic mass is 16.7. The van der Waals surface area contributed by atoms with Crippen molar-refractivity contribution < 1.29 is 9.63 Å². The molecule has 1 N–H and O–H groups in total. The summed E-state index contributed by atoms with van der Waals surface area (Å²) in [6, 6.07) is 7.73. The van der Waals surface area contributed by atoms with Gasteiger partial charge < -0.3 is 5.32 Å². The molecular formula is C12H18N2O2. The number of hydrogen-bond donors (Lipinski definition) is 1. The maximum Gasteiger partial charge on any atom is 0.238 e. The zero-order valence-corrected chi connectivity index (χ0v) is 9.77. The van der Waals surface area contributed by atoms with Crippen LogP contribution in [-0.4, -0.2) is 26.6 Å². The molecule has 0 saturated heterocycles. The van der Waals surface area contributed by atoms with Gasteiger partial charge in [-0.25, -0.2) is 0 Å². The Morgan fingerprint density at radius 1 is 1.44 bits per heavy atom. The maximum atomic E-state index is 10.8. The van der Waals surface area contributed by atoms with Gasteiger partial charge >= 0.3 is 0 Å². The predicted octanol–water partition coefficient (Wildman–Crippen LogP) is 1.36. The molecule has 1 rings (SSSR count). The highest BCUT2D eigenvalue weighted by Crippen LogP contribution is 2.19. The summed E-state index contributed by atoms with van der Waals surface area (Å²) in [6.07, 6.45) is 1.55. The average Bonchev–Trinajstić information content (AvgIpc) is 2.33. The lowest BCUT2D eigenvalue weighted by molar-refractivity contribution is -0.112. The normalized spacial score (nSPS) is 10.1. The first-order chi connectivity index (χ1) is 7.83. The summed E-state index contributed by atoms with van der Waals surface area (Å²) < 4.78 is 0. The van der Waals surface area contributed by atoms with Crippen molar-refractivity contribution in [3.05, 3.63) is 29.8 Å². The predicted molar refractivity (Wildman–Crippen MR) is 64.2 cm³/mol. The van der Waals surface area contributed by atoms with E-state index in [1.165, 1.54) is 12.2 Å². The van der Waals surface area contributed by atoms with E-state index in [-0.39, 0.29) is 0 Å². The summed E-state index contributed by atoms with van der Waals surface area (Å²) in [5.41, 5.74) is 1.90. The van der Waals surface area contributed by atoms with Gasteiger partial charge in [0.1, 0.15) is 0 Å². The molecule has 1 aromatic carbocycles. The molecule has 0 spiro atoms. The van der Waals surface area contributed by atoms with E-state index in [4.69, 9.17) is 4.84 Å². The number of nitrogens with one attached hydrogen (secondary N) is 1. The van der Waals surface area contributed by atoms with Crippen LogP contribution < -0.4 is 10.4 Å². The van der Waals surface area contributed by atoms with Gasteiger partial charge in [-0.15, -0.1) is 0 Å². The molecule has 88 valence electrons. The minimum atomic E-state index is 0.673. The Morgan fingerprint density at radius 3 is 2.81 bits per heavy atom. The molecule has 0 unspecified atom stereocenters. The fraction of sp³-hybridized carbons (Fsp3) is 0.417. The molecule has 0 aromatic heterocycles. The van der Waals surface area contributed by atoms with Crippen molar-refractivity contribution in [3.63, 3.8) is 0 Å². The van der Waals surface area contributed by atoms with Gasteiger partial charge in [0, 0.05) is 0 Å². The summed E-state index contributed by atoms with van der Waals surface area (Å²) in [4.78, 5) is 15.8. The van der Waals surface area contributed by atoms with Crippen LogP contribution >= 0.6 is 0 Å². The van der Waals surface area contributed by atoms with Crippen molar-refractivity contribution in [1.82, 2.24) is 5.32 Å². The molecule has 0 heterocycles. The van der Waals surface area contributed by atoms with Gasteiger partial charge in [-0.1, -0.05) is 25.1 Å². The van der Waals surface area contributed by atoms with Crippen LogP contribution in [0.4, 0.5) is 5.69 Å². The van der Waals surface area contributed by atoms with Crippen LogP contribution in [0.2, 0.25) is 0 Å². The second-order valence-electron chi connectivity index (χ2n) is 3.35. The largest absolute Gasteiger partial charge is 0.317 e. The monoisotopic (exact) mass is 222 g/mol. The molecule has 4 heteroatoms. The van der Waals surface area contributed by atoms with Crippen LogP contribution in [0.3, 0.4) is 0 Å². The molecule has 4 nitrogen and oxygen atoms in total. The van der Waals surface area contributed by atoms with E-state index in [9.17, 15) is 4.79 Å². The Labute approximate surface area is 96.2 Å². The number of hydrogen-bond acceptors (Lipinski definition) is 3. The van der Waals surface area contributed by atoms with Crippen LogP contribution in [0.25, 0.3) is 0 Å². The zero-order chi connectivity index (χ0) is 11.8. The van der Waals surface area contributed by atoms with Gasteiger partial charge in [-0.2, -0.15) is 5.06 Å². The third-order valence-electron chi connectivity index (χ3n) is 2.34. The van der Waals surface area contributed by atoms with Crippen LogP contribution in [0.15, 0.2) is 24.3 Å². The SMILES string of the molecule is CCNCCc1ccccc1N(C=O)OC. The quantitative estimate of drug-likeness (QED) is 0.430. The van der Waals surface area contributed by atoms with Gasteiger partial charge in [-0.05, 0) is 31.1 Å². The van der Waals surface area contributed by atoms with Crippen LogP contribution in [0.1, 0.15) is 12.5 Å². The fourth-order valence-corrected chi connectivity index (χ4v) is 1.54. The topological polar surface area (TPSA) is 41.6 Å². The average molecular weight is 222 g/mol. The Morgan fingerprint density at radius 2 is 2.19 bits per heavy atom. The van der Waals surface area contributed by atoms with Crippen molar-refractivity contribution in [1.29, 1.82) is 0 Å². The minimum Gasteiger partial charge on any atom is -0.317 e. The van der Waals surface area contributed by atoms with Crippen LogP contribution in [0.5, 0.6) is 0 Å². The minimum absolute atomic E-state index is 0.673. The Hall–Kier alpha value is -1.39. The number of rotatable bonds is 7. The van der Waals surface area contributed by atoms with Crippen molar-refractivity contribution in [3.8, 4) is 0 Å². The number of hydroxylamine groups is 1. The fourth-order valence-electron chi connectivity index (χ4n) is 1.54. The summed E-state index contributed by atoms with van der Waals surface area (Å²) in [6.45, 7) is 3.91. The molecule has 0 saturated carbocycles. The first-order valence-electron chi connectivity index (χ1n) is 5.40. The Bertz CT molecular complexity index is 329. The molecule has 0 aliphatic heterocycles. The van der Waals surface area contributed by atoms with E-state index < -0.39 is 0 Å². The second-order valence-corrected chi connectivity index (χ2v) is 3.35. The molecule has 0 bridgehead atoms. The number of likely N-dealkylation sites (N-methyl/N-ethyl adjacent to an activating group) is 1. The van der Waals surface area contributed by atoms with E-state index in [1.54, 1.807) is 0 Å². The van der Waals surface area contributed by atoms with Gasteiger partial charge in [0.25, 0.3) is 0 Å². The molecule has 0 radical (unpaired) electrons. The smallest absolute Gasteiger partial charge is 0.238 e. The van der Waals surface area contributed by atoms with Gasteiger partial charge in [0.05, 0.1) is 12.8 Å². The molecule has 0 aliphatic carbocycles. The highest BCUT2D eigenvalue weighted by Gasteiger charge is 2.08.